The van der Waals surface area contributed by atoms with Crippen LogP contribution in [-0.4, -0.2) is 17.4 Å². The minimum absolute atomic E-state index is 0.0708. The molecule has 2 rings (SSSR count). The van der Waals surface area contributed by atoms with Crippen LogP contribution in [0.4, 0.5) is 0 Å². The van der Waals surface area contributed by atoms with Crippen molar-refractivity contribution in [2.45, 2.75) is 34.1 Å². The van der Waals surface area contributed by atoms with E-state index in [0.717, 1.165) is 12.0 Å². The van der Waals surface area contributed by atoms with E-state index in [1.807, 2.05) is 12.1 Å². The molecule has 0 aliphatic heterocycles. The Labute approximate surface area is 131 Å². The average molecular weight is 307 g/mol. The molecule has 0 spiro atoms. The van der Waals surface area contributed by atoms with Crippen molar-refractivity contribution in [2.75, 3.05) is 6.54 Å². The molecule has 1 amide bonds. The third kappa shape index (κ3) is 3.85. The molecule has 3 nitrogen and oxygen atoms in total. The van der Waals surface area contributed by atoms with Gasteiger partial charge in [0.2, 0.25) is 5.91 Å². The maximum Gasteiger partial charge on any atom is 0.224 e. The fourth-order valence-electron chi connectivity index (χ4n) is 2.89. The molecule has 2 atom stereocenters. The normalized spacial score (nSPS) is 22.5. The zero-order valence-electron chi connectivity index (χ0n) is 13.1. The van der Waals surface area contributed by atoms with Crippen LogP contribution in [0.5, 0.6) is 0 Å². The van der Waals surface area contributed by atoms with E-state index in [9.17, 15) is 4.79 Å². The molecule has 0 aromatic carbocycles. The lowest BCUT2D eigenvalue weighted by atomic mass is 10.1. The van der Waals surface area contributed by atoms with Crippen LogP contribution in [0.25, 0.3) is 0 Å². The lowest BCUT2D eigenvalue weighted by molar-refractivity contribution is -0.123. The van der Waals surface area contributed by atoms with E-state index in [1.54, 1.807) is 6.20 Å². The highest BCUT2D eigenvalue weighted by molar-refractivity contribution is 6.29. The van der Waals surface area contributed by atoms with Crippen LogP contribution in [0.15, 0.2) is 30.0 Å². The Hall–Kier alpha value is -1.35. The highest BCUT2D eigenvalue weighted by atomic mass is 35.5. The summed E-state index contributed by atoms with van der Waals surface area (Å²) in [7, 11) is 0. The second-order valence-corrected chi connectivity index (χ2v) is 6.98. The van der Waals surface area contributed by atoms with Gasteiger partial charge in [-0.05, 0) is 49.3 Å². The molecule has 4 heteroatoms. The molecule has 1 fully saturated rings. The topological polar surface area (TPSA) is 42.0 Å². The Balaban J connectivity index is 1.85. The minimum atomic E-state index is 0.0708. The van der Waals surface area contributed by atoms with Crippen LogP contribution in [0.2, 0.25) is 5.15 Å². The van der Waals surface area contributed by atoms with Crippen molar-refractivity contribution in [3.8, 4) is 0 Å². The summed E-state index contributed by atoms with van der Waals surface area (Å²) in [4.78, 5) is 16.2. The lowest BCUT2D eigenvalue weighted by Gasteiger charge is -2.06. The first-order valence-corrected chi connectivity index (χ1v) is 7.73. The van der Waals surface area contributed by atoms with E-state index < -0.39 is 0 Å². The highest BCUT2D eigenvalue weighted by Gasteiger charge is 2.60. The van der Waals surface area contributed by atoms with Crippen molar-refractivity contribution in [1.29, 1.82) is 0 Å². The van der Waals surface area contributed by atoms with Gasteiger partial charge in [0.1, 0.15) is 5.15 Å². The molecule has 0 radical (unpaired) electrons. The summed E-state index contributed by atoms with van der Waals surface area (Å²) < 4.78 is 0. The minimum Gasteiger partial charge on any atom is -0.355 e. The van der Waals surface area contributed by atoms with Crippen LogP contribution < -0.4 is 5.32 Å². The number of nitrogens with zero attached hydrogens (tertiary/aromatic N) is 1. The van der Waals surface area contributed by atoms with Gasteiger partial charge in [-0.2, -0.15) is 0 Å². The van der Waals surface area contributed by atoms with Gasteiger partial charge < -0.3 is 5.32 Å². The number of hydrogen-bond acceptors (Lipinski definition) is 2. The smallest absolute Gasteiger partial charge is 0.224 e. The van der Waals surface area contributed by atoms with Crippen LogP contribution >= 0.6 is 11.6 Å². The lowest BCUT2D eigenvalue weighted by Crippen LogP contribution is -2.28. The Morgan fingerprint density at radius 3 is 2.81 bits per heavy atom. The van der Waals surface area contributed by atoms with E-state index in [2.05, 4.69) is 44.1 Å². The molecule has 2 unspecified atom stereocenters. The van der Waals surface area contributed by atoms with Crippen molar-refractivity contribution in [3.05, 3.63) is 40.7 Å². The number of rotatable bonds is 5. The summed E-state index contributed by atoms with van der Waals surface area (Å²) in [5.41, 5.74) is 2.43. The molecule has 21 heavy (non-hydrogen) atoms. The molecule has 1 aliphatic rings. The molecular weight excluding hydrogens is 284 g/mol. The Bertz CT molecular complexity index is 562. The van der Waals surface area contributed by atoms with Crippen molar-refractivity contribution < 1.29 is 4.79 Å². The number of hydrogen-bond donors (Lipinski definition) is 1. The number of allylic oxidation sites excluding steroid dienone is 2. The van der Waals surface area contributed by atoms with Gasteiger partial charge >= 0.3 is 0 Å². The number of halogens is 1. The fourth-order valence-corrected chi connectivity index (χ4v) is 3.08. The summed E-state index contributed by atoms with van der Waals surface area (Å²) in [6, 6.07) is 3.76. The maximum atomic E-state index is 12.3. The predicted octanol–water partition coefficient (Wildman–Crippen LogP) is 3.63. The average Bonchev–Trinajstić information content (AvgIpc) is 2.89. The molecule has 114 valence electrons. The number of amides is 1. The number of carbonyl (C=O) groups is 1. The second-order valence-electron chi connectivity index (χ2n) is 6.60. The molecule has 1 aliphatic carbocycles. The van der Waals surface area contributed by atoms with Crippen molar-refractivity contribution in [3.63, 3.8) is 0 Å². The first kappa shape index (κ1) is 16.0. The zero-order valence-corrected chi connectivity index (χ0v) is 13.9. The molecule has 1 N–H and O–H groups in total. The van der Waals surface area contributed by atoms with Gasteiger partial charge in [-0.15, -0.1) is 0 Å². The van der Waals surface area contributed by atoms with Crippen LogP contribution in [-0.2, 0) is 11.2 Å². The first-order chi connectivity index (χ1) is 9.82. The maximum absolute atomic E-state index is 12.3. The molecule has 0 bridgehead atoms. The first-order valence-electron chi connectivity index (χ1n) is 7.35. The number of carbonyl (C=O) groups excluding carboxylic acids is 1. The van der Waals surface area contributed by atoms with Gasteiger partial charge in [-0.25, -0.2) is 4.98 Å². The third-order valence-corrected chi connectivity index (χ3v) is 4.42. The summed E-state index contributed by atoms with van der Waals surface area (Å²) in [6.45, 7) is 9.11. The van der Waals surface area contributed by atoms with E-state index in [4.69, 9.17) is 11.6 Å². The van der Waals surface area contributed by atoms with Crippen molar-refractivity contribution in [2.24, 2.45) is 17.3 Å². The Morgan fingerprint density at radius 2 is 2.19 bits per heavy atom. The van der Waals surface area contributed by atoms with E-state index in [0.29, 0.717) is 17.6 Å². The second kappa shape index (κ2) is 6.18. The summed E-state index contributed by atoms with van der Waals surface area (Å²) in [6.07, 6.45) is 4.68. The van der Waals surface area contributed by atoms with Gasteiger partial charge in [0, 0.05) is 12.7 Å². The summed E-state index contributed by atoms with van der Waals surface area (Å²) in [5, 5.41) is 3.53. The fraction of sp³-hybridized carbons (Fsp3) is 0.529. The largest absolute Gasteiger partial charge is 0.355 e. The Morgan fingerprint density at radius 1 is 1.48 bits per heavy atom. The van der Waals surface area contributed by atoms with E-state index in [-0.39, 0.29) is 17.2 Å². The van der Waals surface area contributed by atoms with Gasteiger partial charge in [-0.1, -0.05) is 37.1 Å². The molecule has 0 saturated heterocycles. The monoisotopic (exact) mass is 306 g/mol. The molecule has 1 aromatic rings. The number of nitrogens with one attached hydrogen (secondary N) is 1. The summed E-state index contributed by atoms with van der Waals surface area (Å²) >= 11 is 5.85. The molecule has 1 saturated carbocycles. The molecular formula is C17H23ClN2O. The third-order valence-electron chi connectivity index (χ3n) is 4.21. The molecule has 1 aromatic heterocycles. The zero-order chi connectivity index (χ0) is 15.6. The number of pyridine rings is 1. The summed E-state index contributed by atoms with van der Waals surface area (Å²) in [5.74, 6) is 0.606. The molecule has 1 heterocycles. The standard InChI is InChI=1S/C17H23ClN2O/c1-11(2)9-13-15(17(13,3)4)16(21)20-8-6-12-5-7-19-14(18)10-12/h5,7,9-10,13,15H,6,8H2,1-4H3,(H,20,21). The van der Waals surface area contributed by atoms with Crippen LogP contribution in [0.1, 0.15) is 33.3 Å². The van der Waals surface area contributed by atoms with Crippen LogP contribution in [0.3, 0.4) is 0 Å². The van der Waals surface area contributed by atoms with Gasteiger partial charge in [-0.3, -0.25) is 4.79 Å². The van der Waals surface area contributed by atoms with E-state index >= 15 is 0 Å². The van der Waals surface area contributed by atoms with Crippen LogP contribution in [0, 0.1) is 17.3 Å². The van der Waals surface area contributed by atoms with Gasteiger partial charge in [0.15, 0.2) is 0 Å². The van der Waals surface area contributed by atoms with Crippen molar-refractivity contribution >= 4 is 17.5 Å². The predicted molar refractivity (Wildman–Crippen MR) is 86.2 cm³/mol. The number of aromatic nitrogens is 1. The SMILES string of the molecule is CC(C)=CC1C(C(=O)NCCc2ccnc(Cl)c2)C1(C)C. The van der Waals surface area contributed by atoms with Gasteiger partial charge in [0.05, 0.1) is 5.92 Å². The highest BCUT2D eigenvalue weighted by Crippen LogP contribution is 2.59. The van der Waals surface area contributed by atoms with Gasteiger partial charge in [0.25, 0.3) is 0 Å². The Kier molecular flexibility index (Phi) is 4.72. The van der Waals surface area contributed by atoms with Crippen molar-refractivity contribution in [1.82, 2.24) is 10.3 Å². The van der Waals surface area contributed by atoms with E-state index in [1.165, 1.54) is 5.57 Å². The quantitative estimate of drug-likeness (QED) is 0.666.